The monoisotopic (exact) mass is 289 g/mol. The Hall–Kier alpha value is -1.79. The molecule has 1 aromatic heterocycles. The molecule has 0 radical (unpaired) electrons. The number of nitrogens with zero attached hydrogens (tertiary/aromatic N) is 1. The molecule has 20 heavy (non-hydrogen) atoms. The smallest absolute Gasteiger partial charge is 0.366 e. The number of carbonyl (C=O) groups is 1. The van der Waals surface area contributed by atoms with Crippen LogP contribution in [0.2, 0.25) is 0 Å². The van der Waals surface area contributed by atoms with Crippen LogP contribution < -0.4 is 11.1 Å². The molecule has 0 aliphatic heterocycles. The molecule has 0 spiro atoms. The molecule has 0 aliphatic carbocycles. The van der Waals surface area contributed by atoms with Gasteiger partial charge in [0.1, 0.15) is 11.5 Å². The van der Waals surface area contributed by atoms with Gasteiger partial charge in [-0.1, -0.05) is 20.8 Å². The van der Waals surface area contributed by atoms with E-state index in [1.165, 1.54) is 0 Å². The van der Waals surface area contributed by atoms with Gasteiger partial charge in [0.2, 0.25) is 0 Å². The number of alkyl halides is 3. The zero-order valence-electron chi connectivity index (χ0n) is 11.6. The lowest BCUT2D eigenvalue weighted by Crippen LogP contribution is -2.28. The van der Waals surface area contributed by atoms with Crippen LogP contribution in [0.25, 0.3) is 0 Å². The van der Waals surface area contributed by atoms with Crippen LogP contribution >= 0.6 is 0 Å². The predicted octanol–water partition coefficient (Wildman–Crippen LogP) is 3.05. The molecule has 0 aromatic carbocycles. The van der Waals surface area contributed by atoms with Gasteiger partial charge in [0.25, 0.3) is 5.91 Å². The summed E-state index contributed by atoms with van der Waals surface area (Å²) in [7, 11) is 0. The fourth-order valence-corrected chi connectivity index (χ4v) is 1.84. The Balaban J connectivity index is 3.22. The standard InChI is InChI=1S/C13H18F3N3O/c1-4-9(7(2)3)18-12-8(11(17)20)5-6-10(19-12)13(14,15)16/h5-7,9H,4H2,1-3H3,(H2,17,20)(H,18,19). The second-order valence-corrected chi connectivity index (χ2v) is 4.86. The molecular formula is C13H18F3N3O. The Morgan fingerprint density at radius 2 is 2.00 bits per heavy atom. The molecule has 3 N–H and O–H groups in total. The highest BCUT2D eigenvalue weighted by Crippen LogP contribution is 2.30. The first kappa shape index (κ1) is 16.3. The van der Waals surface area contributed by atoms with E-state index in [-0.39, 0.29) is 23.3 Å². The number of carbonyl (C=O) groups excluding carboxylic acids is 1. The maximum atomic E-state index is 12.7. The first-order chi connectivity index (χ1) is 9.16. The van der Waals surface area contributed by atoms with Gasteiger partial charge in [-0.3, -0.25) is 4.79 Å². The van der Waals surface area contributed by atoms with Gasteiger partial charge in [0.05, 0.1) is 5.56 Å². The minimum Gasteiger partial charge on any atom is -0.366 e. The van der Waals surface area contributed by atoms with Crippen molar-refractivity contribution in [2.75, 3.05) is 5.32 Å². The molecule has 0 saturated heterocycles. The molecule has 1 atom stereocenters. The summed E-state index contributed by atoms with van der Waals surface area (Å²) in [5.74, 6) is -0.753. The number of amides is 1. The average molecular weight is 289 g/mol. The fraction of sp³-hybridized carbons (Fsp3) is 0.538. The van der Waals surface area contributed by atoms with Crippen molar-refractivity contribution in [3.63, 3.8) is 0 Å². The summed E-state index contributed by atoms with van der Waals surface area (Å²) in [6, 6.07) is 1.71. The largest absolute Gasteiger partial charge is 0.433 e. The quantitative estimate of drug-likeness (QED) is 0.875. The summed E-state index contributed by atoms with van der Waals surface area (Å²) in [6.45, 7) is 5.76. The number of anilines is 1. The summed E-state index contributed by atoms with van der Waals surface area (Å²) >= 11 is 0. The number of rotatable bonds is 5. The van der Waals surface area contributed by atoms with Crippen LogP contribution in [0.5, 0.6) is 0 Å². The number of pyridine rings is 1. The third kappa shape index (κ3) is 3.85. The number of primary amides is 1. The van der Waals surface area contributed by atoms with Gasteiger partial charge in [0.15, 0.2) is 0 Å². The van der Waals surface area contributed by atoms with Crippen molar-refractivity contribution < 1.29 is 18.0 Å². The van der Waals surface area contributed by atoms with E-state index in [1.807, 2.05) is 20.8 Å². The number of hydrogen-bond donors (Lipinski definition) is 2. The van der Waals surface area contributed by atoms with Crippen molar-refractivity contribution in [3.05, 3.63) is 23.4 Å². The number of halogens is 3. The van der Waals surface area contributed by atoms with Gasteiger partial charge in [-0.2, -0.15) is 13.2 Å². The molecule has 1 heterocycles. The summed E-state index contributed by atoms with van der Waals surface area (Å²) in [5, 5.41) is 2.88. The topological polar surface area (TPSA) is 68.0 Å². The molecule has 1 unspecified atom stereocenters. The fourth-order valence-electron chi connectivity index (χ4n) is 1.84. The lowest BCUT2D eigenvalue weighted by Gasteiger charge is -2.23. The molecule has 1 rings (SSSR count). The minimum atomic E-state index is -4.56. The van der Waals surface area contributed by atoms with Crippen LogP contribution in [0.15, 0.2) is 12.1 Å². The summed E-state index contributed by atoms with van der Waals surface area (Å²) in [6.07, 6.45) is -3.88. The number of nitrogens with one attached hydrogen (secondary N) is 1. The first-order valence-corrected chi connectivity index (χ1v) is 6.31. The van der Waals surface area contributed by atoms with Crippen LogP contribution in [0, 0.1) is 5.92 Å². The van der Waals surface area contributed by atoms with Gasteiger partial charge in [-0.05, 0) is 24.5 Å². The third-order valence-electron chi connectivity index (χ3n) is 3.02. The van der Waals surface area contributed by atoms with Crippen LogP contribution in [0.4, 0.5) is 19.0 Å². The molecule has 4 nitrogen and oxygen atoms in total. The third-order valence-corrected chi connectivity index (χ3v) is 3.02. The van der Waals surface area contributed by atoms with Gasteiger partial charge in [-0.15, -0.1) is 0 Å². The molecule has 7 heteroatoms. The van der Waals surface area contributed by atoms with Gasteiger partial charge < -0.3 is 11.1 Å². The minimum absolute atomic E-state index is 0.0444. The zero-order chi connectivity index (χ0) is 15.5. The maximum absolute atomic E-state index is 12.7. The zero-order valence-corrected chi connectivity index (χ0v) is 11.6. The van der Waals surface area contributed by atoms with E-state index in [4.69, 9.17) is 5.73 Å². The highest BCUT2D eigenvalue weighted by Gasteiger charge is 2.33. The number of nitrogens with two attached hydrogens (primary N) is 1. The van der Waals surface area contributed by atoms with Gasteiger partial charge in [0, 0.05) is 6.04 Å². The number of hydrogen-bond acceptors (Lipinski definition) is 3. The molecule has 0 saturated carbocycles. The molecule has 1 amide bonds. The van der Waals surface area contributed by atoms with E-state index >= 15 is 0 Å². The van der Waals surface area contributed by atoms with E-state index in [9.17, 15) is 18.0 Å². The van der Waals surface area contributed by atoms with Crippen LogP contribution in [0.3, 0.4) is 0 Å². The van der Waals surface area contributed by atoms with Gasteiger partial charge >= 0.3 is 6.18 Å². The normalized spacial score (nSPS) is 13.3. The van der Waals surface area contributed by atoms with E-state index < -0.39 is 17.8 Å². The summed E-state index contributed by atoms with van der Waals surface area (Å²) in [4.78, 5) is 14.8. The van der Waals surface area contributed by atoms with E-state index in [2.05, 4.69) is 10.3 Å². The highest BCUT2D eigenvalue weighted by molar-refractivity contribution is 5.97. The van der Waals surface area contributed by atoms with Crippen molar-refractivity contribution in [1.82, 2.24) is 4.98 Å². The molecule has 0 fully saturated rings. The molecule has 1 aromatic rings. The van der Waals surface area contributed by atoms with E-state index in [0.29, 0.717) is 6.42 Å². The molecule has 112 valence electrons. The van der Waals surface area contributed by atoms with Crippen LogP contribution in [0.1, 0.15) is 43.2 Å². The van der Waals surface area contributed by atoms with Crippen molar-refractivity contribution in [2.24, 2.45) is 11.7 Å². The maximum Gasteiger partial charge on any atom is 0.433 e. The number of aromatic nitrogens is 1. The summed E-state index contributed by atoms with van der Waals surface area (Å²) < 4.78 is 38.0. The van der Waals surface area contributed by atoms with E-state index in [0.717, 1.165) is 12.1 Å². The van der Waals surface area contributed by atoms with Crippen molar-refractivity contribution in [2.45, 2.75) is 39.4 Å². The Morgan fingerprint density at radius 3 is 2.40 bits per heavy atom. The van der Waals surface area contributed by atoms with Crippen molar-refractivity contribution in [1.29, 1.82) is 0 Å². The lowest BCUT2D eigenvalue weighted by atomic mass is 10.0. The Bertz CT molecular complexity index is 486. The van der Waals surface area contributed by atoms with Crippen LogP contribution in [-0.4, -0.2) is 16.9 Å². The first-order valence-electron chi connectivity index (χ1n) is 6.31. The molecule has 0 aliphatic rings. The van der Waals surface area contributed by atoms with E-state index in [1.54, 1.807) is 0 Å². The second kappa shape index (κ2) is 6.11. The molecular weight excluding hydrogens is 271 g/mol. The predicted molar refractivity (Wildman–Crippen MR) is 70.3 cm³/mol. The Labute approximate surface area is 115 Å². The SMILES string of the molecule is CCC(Nc1nc(C(F)(F)F)ccc1C(N)=O)C(C)C. The average Bonchev–Trinajstić information content (AvgIpc) is 2.33. The van der Waals surface area contributed by atoms with Gasteiger partial charge in [-0.25, -0.2) is 4.98 Å². The van der Waals surface area contributed by atoms with Crippen molar-refractivity contribution >= 4 is 11.7 Å². The Morgan fingerprint density at radius 1 is 1.40 bits per heavy atom. The van der Waals surface area contributed by atoms with Crippen LogP contribution in [-0.2, 0) is 6.18 Å². The molecule has 0 bridgehead atoms. The van der Waals surface area contributed by atoms with Crippen molar-refractivity contribution in [3.8, 4) is 0 Å². The second-order valence-electron chi connectivity index (χ2n) is 4.86. The lowest BCUT2D eigenvalue weighted by molar-refractivity contribution is -0.141. The Kier molecular flexibility index (Phi) is 4.97. The highest BCUT2D eigenvalue weighted by atomic mass is 19.4. The summed E-state index contributed by atoms with van der Waals surface area (Å²) in [5.41, 5.74) is 4.07.